The lowest BCUT2D eigenvalue weighted by Crippen LogP contribution is -2.61. The second-order valence-corrected chi connectivity index (χ2v) is 9.62. The standard InChI is InChI=1S/C11H19N5O4S2/c1-9-11(6-13-14-9)22(19,20)16-7-10(8-16)21(17,18)15-4-2-12-3-5-15/h6,10,12H,2-5,7-8H2,1H3,(H,13,14). The number of nitrogens with zero attached hydrogens (tertiary/aromatic N) is 3. The molecule has 0 spiro atoms. The third kappa shape index (κ3) is 2.56. The SMILES string of the molecule is Cc1[nH]ncc1S(=O)(=O)N1CC(S(=O)(=O)N2CCNCC2)C1. The lowest BCUT2D eigenvalue weighted by Gasteiger charge is -2.40. The monoisotopic (exact) mass is 349 g/mol. The zero-order valence-corrected chi connectivity index (χ0v) is 13.8. The number of aryl methyl sites for hydroxylation is 1. The van der Waals surface area contributed by atoms with Crippen molar-refractivity contribution in [3.8, 4) is 0 Å². The molecule has 0 aliphatic carbocycles. The van der Waals surface area contributed by atoms with Gasteiger partial charge in [0.05, 0.1) is 11.9 Å². The van der Waals surface area contributed by atoms with Crippen LogP contribution in [0.2, 0.25) is 0 Å². The van der Waals surface area contributed by atoms with Crippen molar-refractivity contribution >= 4 is 20.0 Å². The normalized spacial score (nSPS) is 22.6. The van der Waals surface area contributed by atoms with Crippen LogP contribution >= 0.6 is 0 Å². The van der Waals surface area contributed by atoms with Gasteiger partial charge in [0.2, 0.25) is 20.0 Å². The predicted octanol–water partition coefficient (Wildman–Crippen LogP) is -1.67. The molecule has 3 heterocycles. The Kier molecular flexibility index (Phi) is 4.01. The van der Waals surface area contributed by atoms with E-state index in [1.54, 1.807) is 6.92 Å². The van der Waals surface area contributed by atoms with Crippen molar-refractivity contribution in [3.63, 3.8) is 0 Å². The lowest BCUT2D eigenvalue weighted by molar-refractivity contribution is 0.287. The molecule has 1 aromatic heterocycles. The van der Waals surface area contributed by atoms with E-state index >= 15 is 0 Å². The molecular formula is C11H19N5O4S2. The topological polar surface area (TPSA) is 115 Å². The van der Waals surface area contributed by atoms with E-state index in [1.165, 1.54) is 14.8 Å². The van der Waals surface area contributed by atoms with E-state index in [9.17, 15) is 16.8 Å². The van der Waals surface area contributed by atoms with Crippen molar-refractivity contribution in [2.24, 2.45) is 0 Å². The largest absolute Gasteiger partial charge is 0.314 e. The van der Waals surface area contributed by atoms with Crippen LogP contribution in [-0.2, 0) is 20.0 Å². The predicted molar refractivity (Wildman–Crippen MR) is 79.2 cm³/mol. The highest BCUT2D eigenvalue weighted by molar-refractivity contribution is 7.91. The minimum absolute atomic E-state index is 0.000779. The highest BCUT2D eigenvalue weighted by Crippen LogP contribution is 2.27. The molecule has 2 aliphatic rings. The van der Waals surface area contributed by atoms with Crippen LogP contribution < -0.4 is 5.32 Å². The summed E-state index contributed by atoms with van der Waals surface area (Å²) in [4.78, 5) is 0.102. The van der Waals surface area contributed by atoms with Crippen molar-refractivity contribution in [1.82, 2.24) is 24.1 Å². The Hall–Kier alpha value is -1.01. The van der Waals surface area contributed by atoms with Gasteiger partial charge in [0, 0.05) is 39.3 Å². The third-order valence-electron chi connectivity index (χ3n) is 4.07. The van der Waals surface area contributed by atoms with E-state index in [0.717, 1.165) is 0 Å². The summed E-state index contributed by atoms with van der Waals surface area (Å²) < 4.78 is 52.3. The molecule has 0 bridgehead atoms. The van der Waals surface area contributed by atoms with Crippen LogP contribution in [0.4, 0.5) is 0 Å². The molecule has 0 aromatic carbocycles. The number of aromatic nitrogens is 2. The van der Waals surface area contributed by atoms with Crippen LogP contribution in [0.15, 0.2) is 11.1 Å². The van der Waals surface area contributed by atoms with Crippen molar-refractivity contribution in [2.75, 3.05) is 39.3 Å². The first-order valence-corrected chi connectivity index (χ1v) is 9.97. The highest BCUT2D eigenvalue weighted by atomic mass is 32.2. The number of sulfonamides is 2. The first kappa shape index (κ1) is 15.9. The van der Waals surface area contributed by atoms with E-state index in [-0.39, 0.29) is 18.0 Å². The van der Waals surface area contributed by atoms with Crippen LogP contribution in [0.3, 0.4) is 0 Å². The van der Waals surface area contributed by atoms with Crippen LogP contribution in [0.25, 0.3) is 0 Å². The number of hydrogen-bond donors (Lipinski definition) is 2. The lowest BCUT2D eigenvalue weighted by atomic mass is 10.3. The van der Waals surface area contributed by atoms with Gasteiger partial charge in [-0.15, -0.1) is 0 Å². The van der Waals surface area contributed by atoms with Crippen molar-refractivity contribution < 1.29 is 16.8 Å². The summed E-state index contributed by atoms with van der Waals surface area (Å²) in [5, 5.41) is 8.72. The van der Waals surface area contributed by atoms with E-state index in [0.29, 0.717) is 31.9 Å². The van der Waals surface area contributed by atoms with Gasteiger partial charge < -0.3 is 5.32 Å². The van der Waals surface area contributed by atoms with E-state index < -0.39 is 25.3 Å². The molecule has 2 aliphatic heterocycles. The van der Waals surface area contributed by atoms with Gasteiger partial charge in [-0.1, -0.05) is 0 Å². The summed E-state index contributed by atoms with van der Waals surface area (Å²) in [5.41, 5.74) is 0.452. The number of piperazine rings is 1. The molecule has 11 heteroatoms. The number of nitrogens with one attached hydrogen (secondary N) is 2. The summed E-state index contributed by atoms with van der Waals surface area (Å²) >= 11 is 0. The number of rotatable bonds is 4. The molecule has 0 amide bonds. The molecular weight excluding hydrogens is 330 g/mol. The average molecular weight is 349 g/mol. The van der Waals surface area contributed by atoms with Crippen LogP contribution in [0, 0.1) is 6.92 Å². The second kappa shape index (κ2) is 5.57. The molecule has 0 radical (unpaired) electrons. The Bertz CT molecular complexity index is 745. The number of hydrogen-bond acceptors (Lipinski definition) is 6. The number of aromatic amines is 1. The quantitative estimate of drug-likeness (QED) is 0.671. The second-order valence-electron chi connectivity index (χ2n) is 5.50. The average Bonchev–Trinajstić information content (AvgIpc) is 2.84. The van der Waals surface area contributed by atoms with Gasteiger partial charge in [-0.05, 0) is 6.92 Å². The van der Waals surface area contributed by atoms with Gasteiger partial charge in [-0.2, -0.15) is 13.7 Å². The van der Waals surface area contributed by atoms with Gasteiger partial charge in [0.15, 0.2) is 0 Å². The van der Waals surface area contributed by atoms with E-state index in [2.05, 4.69) is 15.5 Å². The third-order valence-corrected chi connectivity index (χ3v) is 8.24. The Balaban J connectivity index is 1.70. The molecule has 0 saturated carbocycles. The molecule has 2 fully saturated rings. The molecule has 1 aromatic rings. The highest BCUT2D eigenvalue weighted by Gasteiger charge is 2.46. The first-order chi connectivity index (χ1) is 10.3. The van der Waals surface area contributed by atoms with Gasteiger partial charge in [-0.3, -0.25) is 5.10 Å². The minimum Gasteiger partial charge on any atom is -0.314 e. The number of H-pyrrole nitrogens is 1. The Morgan fingerprint density at radius 2 is 1.77 bits per heavy atom. The van der Waals surface area contributed by atoms with Gasteiger partial charge in [0.1, 0.15) is 10.1 Å². The van der Waals surface area contributed by atoms with Crippen molar-refractivity contribution in [1.29, 1.82) is 0 Å². The summed E-state index contributed by atoms with van der Waals surface area (Å²) in [7, 11) is -7.10. The maximum Gasteiger partial charge on any atom is 0.246 e. The molecule has 9 nitrogen and oxygen atoms in total. The first-order valence-electron chi connectivity index (χ1n) is 7.03. The van der Waals surface area contributed by atoms with E-state index in [1.807, 2.05) is 0 Å². The van der Waals surface area contributed by atoms with Gasteiger partial charge in [0.25, 0.3) is 0 Å². The summed E-state index contributed by atoms with van der Waals surface area (Å²) in [6.45, 7) is 3.75. The smallest absolute Gasteiger partial charge is 0.246 e. The molecule has 22 heavy (non-hydrogen) atoms. The fraction of sp³-hybridized carbons (Fsp3) is 0.727. The molecule has 3 rings (SSSR count). The fourth-order valence-electron chi connectivity index (χ4n) is 2.63. The molecule has 2 saturated heterocycles. The van der Waals surface area contributed by atoms with E-state index in [4.69, 9.17) is 0 Å². The zero-order valence-electron chi connectivity index (χ0n) is 12.2. The molecule has 2 N–H and O–H groups in total. The van der Waals surface area contributed by atoms with Crippen LogP contribution in [0.5, 0.6) is 0 Å². The van der Waals surface area contributed by atoms with Crippen LogP contribution in [0.1, 0.15) is 5.69 Å². The maximum absolute atomic E-state index is 12.5. The zero-order chi connectivity index (χ0) is 16.0. The Labute approximate surface area is 129 Å². The summed E-state index contributed by atoms with van der Waals surface area (Å²) in [6.07, 6.45) is 1.25. The Morgan fingerprint density at radius 1 is 1.14 bits per heavy atom. The summed E-state index contributed by atoms with van der Waals surface area (Å²) in [5.74, 6) is 0. The minimum atomic E-state index is -3.67. The molecule has 0 atom stereocenters. The van der Waals surface area contributed by atoms with Crippen molar-refractivity contribution in [2.45, 2.75) is 17.1 Å². The molecule has 124 valence electrons. The van der Waals surface area contributed by atoms with Crippen molar-refractivity contribution in [3.05, 3.63) is 11.9 Å². The van der Waals surface area contributed by atoms with Gasteiger partial charge >= 0.3 is 0 Å². The molecule has 0 unspecified atom stereocenters. The van der Waals surface area contributed by atoms with Gasteiger partial charge in [-0.25, -0.2) is 16.8 Å². The maximum atomic E-state index is 12.5. The Morgan fingerprint density at radius 3 is 2.32 bits per heavy atom. The van der Waals surface area contributed by atoms with Crippen LogP contribution in [-0.4, -0.2) is 80.2 Å². The summed E-state index contributed by atoms with van der Waals surface area (Å²) in [6, 6.07) is 0. The fourth-order valence-corrected chi connectivity index (χ4v) is 6.32.